The molecule has 0 spiro atoms. The summed E-state index contributed by atoms with van der Waals surface area (Å²) >= 11 is 0. The van der Waals surface area contributed by atoms with Crippen molar-refractivity contribution >= 4 is 11.9 Å². The molecule has 10 heteroatoms. The van der Waals surface area contributed by atoms with Crippen molar-refractivity contribution in [2.24, 2.45) is 4.99 Å². The molecule has 1 aromatic carbocycles. The Hall–Kier alpha value is -2.33. The minimum Gasteiger partial charge on any atom is -0.385 e. The number of hydrogen-bond donors (Lipinski definition) is 2. The number of nitrogens with one attached hydrogen (secondary N) is 2. The van der Waals surface area contributed by atoms with Gasteiger partial charge in [0.05, 0.1) is 18.7 Å². The van der Waals surface area contributed by atoms with Crippen LogP contribution >= 0.6 is 0 Å². The molecule has 0 unspecified atom stereocenters. The summed E-state index contributed by atoms with van der Waals surface area (Å²) in [5.41, 5.74) is -0.278. The van der Waals surface area contributed by atoms with Crippen molar-refractivity contribution in [2.45, 2.75) is 19.1 Å². The van der Waals surface area contributed by atoms with Crippen molar-refractivity contribution < 1.29 is 22.7 Å². The molecule has 7 nitrogen and oxygen atoms in total. The lowest BCUT2D eigenvalue weighted by Crippen LogP contribution is -2.45. The highest BCUT2D eigenvalue weighted by Crippen LogP contribution is 2.29. The van der Waals surface area contributed by atoms with Crippen LogP contribution in [0, 0.1) is 0 Å². The minimum atomic E-state index is -4.40. The van der Waals surface area contributed by atoms with E-state index in [1.807, 2.05) is 7.05 Å². The Morgan fingerprint density at radius 1 is 1.17 bits per heavy atom. The predicted molar refractivity (Wildman–Crippen MR) is 111 cm³/mol. The van der Waals surface area contributed by atoms with Gasteiger partial charge in [0.15, 0.2) is 5.96 Å². The van der Waals surface area contributed by atoms with Gasteiger partial charge in [0.1, 0.15) is 0 Å². The number of amides is 1. The average Bonchev–Trinajstić information content (AvgIpc) is 2.69. The Morgan fingerprint density at radius 3 is 2.53 bits per heavy atom. The third-order valence-corrected chi connectivity index (χ3v) is 4.25. The second kappa shape index (κ2) is 13.1. The van der Waals surface area contributed by atoms with Gasteiger partial charge in [-0.2, -0.15) is 13.2 Å². The number of ether oxygens (including phenoxy) is 1. The second-order valence-corrected chi connectivity index (χ2v) is 7.08. The number of nitrogens with zero attached hydrogens (tertiary/aromatic N) is 3. The predicted octanol–water partition coefficient (Wildman–Crippen LogP) is 1.80. The second-order valence-electron chi connectivity index (χ2n) is 7.08. The lowest BCUT2D eigenvalue weighted by molar-refractivity contribution is -0.137. The van der Waals surface area contributed by atoms with Crippen LogP contribution in [-0.4, -0.2) is 82.7 Å². The van der Waals surface area contributed by atoms with E-state index in [0.717, 1.165) is 31.6 Å². The van der Waals surface area contributed by atoms with Gasteiger partial charge in [0.25, 0.3) is 0 Å². The summed E-state index contributed by atoms with van der Waals surface area (Å²) < 4.78 is 43.7. The van der Waals surface area contributed by atoms with Crippen LogP contribution in [0.1, 0.15) is 17.5 Å². The minimum absolute atomic E-state index is 0.0328. The summed E-state index contributed by atoms with van der Waals surface area (Å²) in [6, 6.07) is 5.05. The summed E-state index contributed by atoms with van der Waals surface area (Å²) in [4.78, 5) is 19.8. The number of guanidine groups is 1. The molecule has 0 saturated carbocycles. The van der Waals surface area contributed by atoms with Crippen LogP contribution in [0.5, 0.6) is 0 Å². The van der Waals surface area contributed by atoms with Gasteiger partial charge in [-0.1, -0.05) is 12.1 Å². The van der Waals surface area contributed by atoms with Crippen molar-refractivity contribution in [3.05, 3.63) is 35.4 Å². The van der Waals surface area contributed by atoms with Crippen LogP contribution in [0.2, 0.25) is 0 Å². The molecule has 0 atom stereocenters. The SMILES string of the molecule is COCCCN(C)CCNC(=NCc1cccc(C(F)(F)F)c1)NCC(=O)N(C)C. The Balaban J connectivity index is 2.71. The van der Waals surface area contributed by atoms with Gasteiger partial charge in [-0.25, -0.2) is 4.99 Å². The zero-order chi connectivity index (χ0) is 22.6. The van der Waals surface area contributed by atoms with Gasteiger partial charge in [-0.15, -0.1) is 0 Å². The largest absolute Gasteiger partial charge is 0.416 e. The summed E-state index contributed by atoms with van der Waals surface area (Å²) in [7, 11) is 6.94. The number of halogens is 3. The monoisotopic (exact) mass is 431 g/mol. The van der Waals surface area contributed by atoms with E-state index in [1.165, 1.54) is 11.0 Å². The molecule has 0 bridgehead atoms. The molecule has 1 rings (SSSR count). The molecule has 1 aromatic rings. The zero-order valence-corrected chi connectivity index (χ0v) is 18.1. The summed E-state index contributed by atoms with van der Waals surface area (Å²) in [6.07, 6.45) is -3.48. The lowest BCUT2D eigenvalue weighted by Gasteiger charge is -2.19. The summed E-state index contributed by atoms with van der Waals surface area (Å²) in [5, 5.41) is 6.05. The molecule has 0 aliphatic heterocycles. The van der Waals surface area contributed by atoms with Crippen molar-refractivity contribution in [2.75, 3.05) is 61.0 Å². The molecule has 0 aromatic heterocycles. The molecule has 0 heterocycles. The lowest BCUT2D eigenvalue weighted by atomic mass is 10.1. The normalized spacial score (nSPS) is 12.2. The molecule has 1 amide bonds. The maximum absolute atomic E-state index is 12.9. The number of carbonyl (C=O) groups excluding carboxylic acids is 1. The quantitative estimate of drug-likeness (QED) is 0.318. The van der Waals surface area contributed by atoms with Gasteiger partial charge in [0.2, 0.25) is 5.91 Å². The fraction of sp³-hybridized carbons (Fsp3) is 0.600. The van der Waals surface area contributed by atoms with Crippen LogP contribution in [0.4, 0.5) is 13.2 Å². The smallest absolute Gasteiger partial charge is 0.385 e. The summed E-state index contributed by atoms with van der Waals surface area (Å²) in [5.74, 6) is 0.230. The van der Waals surface area contributed by atoms with Crippen LogP contribution in [-0.2, 0) is 22.3 Å². The molecular formula is C20H32F3N5O2. The molecule has 0 aliphatic carbocycles. The number of aliphatic imine (C=N–C) groups is 1. The van der Waals surface area contributed by atoms with Gasteiger partial charge in [-0.05, 0) is 31.2 Å². The van der Waals surface area contributed by atoms with Crippen molar-refractivity contribution in [1.82, 2.24) is 20.4 Å². The number of carbonyl (C=O) groups is 1. The van der Waals surface area contributed by atoms with Crippen molar-refractivity contribution in [3.8, 4) is 0 Å². The molecule has 0 aliphatic rings. The molecule has 2 N–H and O–H groups in total. The van der Waals surface area contributed by atoms with Gasteiger partial charge >= 0.3 is 6.18 Å². The van der Waals surface area contributed by atoms with Gasteiger partial charge in [0, 0.05) is 47.4 Å². The third-order valence-electron chi connectivity index (χ3n) is 4.25. The maximum Gasteiger partial charge on any atom is 0.416 e. The molecule has 0 saturated heterocycles. The fourth-order valence-corrected chi connectivity index (χ4v) is 2.46. The Labute approximate surface area is 176 Å². The zero-order valence-electron chi connectivity index (χ0n) is 18.1. The van der Waals surface area contributed by atoms with E-state index >= 15 is 0 Å². The van der Waals surface area contributed by atoms with Crippen molar-refractivity contribution in [3.63, 3.8) is 0 Å². The van der Waals surface area contributed by atoms with E-state index in [-0.39, 0.29) is 19.0 Å². The van der Waals surface area contributed by atoms with Crippen LogP contribution in [0.3, 0.4) is 0 Å². The molecule has 30 heavy (non-hydrogen) atoms. The highest BCUT2D eigenvalue weighted by atomic mass is 19.4. The van der Waals surface area contributed by atoms with E-state index in [1.54, 1.807) is 27.3 Å². The standard InChI is InChI=1S/C20H32F3N5O2/c1-27(2)18(29)15-26-19(24-9-11-28(3)10-6-12-30-4)25-14-16-7-5-8-17(13-16)20(21,22)23/h5,7-8,13H,6,9-12,14-15H2,1-4H3,(H2,24,25,26). The molecular weight excluding hydrogens is 399 g/mol. The van der Waals surface area contributed by atoms with Crippen LogP contribution in [0.25, 0.3) is 0 Å². The number of rotatable bonds is 11. The molecule has 0 fully saturated rings. The Kier molecular flexibility index (Phi) is 11.2. The fourth-order valence-electron chi connectivity index (χ4n) is 2.46. The first-order valence-electron chi connectivity index (χ1n) is 9.69. The maximum atomic E-state index is 12.9. The molecule has 0 radical (unpaired) electrons. The third kappa shape index (κ3) is 10.4. The highest BCUT2D eigenvalue weighted by molar-refractivity contribution is 5.86. The average molecular weight is 432 g/mol. The van der Waals surface area contributed by atoms with Gasteiger partial charge < -0.3 is 25.2 Å². The Bertz CT molecular complexity index is 681. The number of hydrogen-bond acceptors (Lipinski definition) is 4. The van der Waals surface area contributed by atoms with E-state index in [4.69, 9.17) is 4.74 Å². The van der Waals surface area contributed by atoms with Crippen LogP contribution < -0.4 is 10.6 Å². The number of likely N-dealkylation sites (N-methyl/N-ethyl adjacent to an activating group) is 2. The number of alkyl halides is 3. The highest BCUT2D eigenvalue weighted by Gasteiger charge is 2.30. The van der Waals surface area contributed by atoms with Crippen LogP contribution in [0.15, 0.2) is 29.3 Å². The van der Waals surface area contributed by atoms with Crippen molar-refractivity contribution in [1.29, 1.82) is 0 Å². The van der Waals surface area contributed by atoms with E-state index < -0.39 is 11.7 Å². The first-order valence-corrected chi connectivity index (χ1v) is 9.69. The first kappa shape index (κ1) is 25.7. The van der Waals surface area contributed by atoms with E-state index in [9.17, 15) is 18.0 Å². The number of methoxy groups -OCH3 is 1. The van der Waals surface area contributed by atoms with E-state index in [2.05, 4.69) is 20.5 Å². The molecule has 170 valence electrons. The van der Waals surface area contributed by atoms with E-state index in [0.29, 0.717) is 24.7 Å². The Morgan fingerprint density at radius 2 is 1.90 bits per heavy atom. The first-order chi connectivity index (χ1) is 14.1. The number of benzene rings is 1. The summed E-state index contributed by atoms with van der Waals surface area (Å²) in [6.45, 7) is 2.95. The topological polar surface area (TPSA) is 69.2 Å². The van der Waals surface area contributed by atoms with Gasteiger partial charge in [-0.3, -0.25) is 4.79 Å².